The van der Waals surface area contributed by atoms with Crippen LogP contribution in [0.2, 0.25) is 0 Å². The highest BCUT2D eigenvalue weighted by molar-refractivity contribution is 5.05. The Balaban J connectivity index is 1.78. The number of hydrogen-bond donors (Lipinski definition) is 1. The van der Waals surface area contributed by atoms with Crippen molar-refractivity contribution < 1.29 is 4.42 Å². The Bertz CT molecular complexity index is 355. The maximum Gasteiger partial charge on any atom is 0.118 e. The maximum absolute atomic E-state index is 5.64. The van der Waals surface area contributed by atoms with E-state index in [9.17, 15) is 0 Å². The summed E-state index contributed by atoms with van der Waals surface area (Å²) >= 11 is 0. The molecule has 3 nitrogen and oxygen atoms in total. The minimum Gasteiger partial charge on any atom is -0.465 e. The van der Waals surface area contributed by atoms with Gasteiger partial charge < -0.3 is 9.73 Å². The largest absolute Gasteiger partial charge is 0.465 e. The average Bonchev–Trinajstić information content (AvgIpc) is 2.76. The van der Waals surface area contributed by atoms with Crippen molar-refractivity contribution in [2.75, 3.05) is 13.6 Å². The normalized spacial score (nSPS) is 22.3. The topological polar surface area (TPSA) is 28.4 Å². The Hall–Kier alpha value is -0.800. The summed E-state index contributed by atoms with van der Waals surface area (Å²) < 4.78 is 5.64. The van der Waals surface area contributed by atoms with Crippen LogP contribution in [-0.4, -0.2) is 30.6 Å². The molecule has 0 saturated carbocycles. The first-order valence-corrected chi connectivity index (χ1v) is 7.14. The molecule has 0 aromatic carbocycles. The molecule has 1 saturated heterocycles. The van der Waals surface area contributed by atoms with Crippen molar-refractivity contribution in [2.24, 2.45) is 0 Å². The monoisotopic (exact) mass is 250 g/mol. The van der Waals surface area contributed by atoms with Crippen LogP contribution in [0.1, 0.15) is 44.1 Å². The highest BCUT2D eigenvalue weighted by Gasteiger charge is 2.18. The Morgan fingerprint density at radius 1 is 1.44 bits per heavy atom. The van der Waals surface area contributed by atoms with Gasteiger partial charge >= 0.3 is 0 Å². The van der Waals surface area contributed by atoms with E-state index in [-0.39, 0.29) is 0 Å². The third kappa shape index (κ3) is 3.85. The van der Waals surface area contributed by atoms with Crippen molar-refractivity contribution in [2.45, 2.75) is 58.2 Å². The van der Waals surface area contributed by atoms with Gasteiger partial charge in [0.1, 0.15) is 11.5 Å². The second kappa shape index (κ2) is 6.39. The van der Waals surface area contributed by atoms with Crippen molar-refractivity contribution >= 4 is 0 Å². The molecule has 1 fully saturated rings. The minimum atomic E-state index is 0.589. The molecule has 102 valence electrons. The molecule has 2 heterocycles. The lowest BCUT2D eigenvalue weighted by molar-refractivity contribution is 0.196. The molecule has 0 bridgehead atoms. The summed E-state index contributed by atoms with van der Waals surface area (Å²) in [6.45, 7) is 6.41. The zero-order valence-electron chi connectivity index (χ0n) is 11.9. The molecule has 1 N–H and O–H groups in total. The van der Waals surface area contributed by atoms with Gasteiger partial charge in [0.25, 0.3) is 0 Å². The van der Waals surface area contributed by atoms with Gasteiger partial charge in [-0.1, -0.05) is 6.42 Å². The maximum atomic E-state index is 5.64. The van der Waals surface area contributed by atoms with E-state index in [1.165, 1.54) is 32.2 Å². The lowest BCUT2D eigenvalue weighted by Gasteiger charge is -2.30. The molecule has 1 aromatic heterocycles. The lowest BCUT2D eigenvalue weighted by Crippen LogP contribution is -2.40. The second-order valence-electron chi connectivity index (χ2n) is 5.66. The number of piperidine rings is 1. The van der Waals surface area contributed by atoms with Crippen molar-refractivity contribution in [1.29, 1.82) is 0 Å². The number of furan rings is 1. The van der Waals surface area contributed by atoms with E-state index in [0.717, 1.165) is 18.1 Å². The minimum absolute atomic E-state index is 0.589. The van der Waals surface area contributed by atoms with Crippen LogP contribution in [-0.2, 0) is 6.54 Å². The Labute approximate surface area is 111 Å². The highest BCUT2D eigenvalue weighted by atomic mass is 16.3. The number of rotatable bonds is 5. The number of aryl methyl sites for hydroxylation is 1. The van der Waals surface area contributed by atoms with Crippen molar-refractivity contribution in [3.63, 3.8) is 0 Å². The van der Waals surface area contributed by atoms with E-state index in [1.54, 1.807) is 0 Å². The second-order valence-corrected chi connectivity index (χ2v) is 5.66. The van der Waals surface area contributed by atoms with E-state index in [2.05, 4.69) is 30.3 Å². The zero-order valence-corrected chi connectivity index (χ0v) is 11.9. The number of nitrogens with one attached hydrogen (secondary N) is 1. The fraction of sp³-hybridized carbons (Fsp3) is 0.733. The molecule has 18 heavy (non-hydrogen) atoms. The van der Waals surface area contributed by atoms with Crippen LogP contribution in [0.3, 0.4) is 0 Å². The summed E-state index contributed by atoms with van der Waals surface area (Å²) in [5, 5.41) is 3.62. The third-order valence-electron chi connectivity index (χ3n) is 3.99. The van der Waals surface area contributed by atoms with Gasteiger partial charge in [-0.25, -0.2) is 0 Å². The summed E-state index contributed by atoms with van der Waals surface area (Å²) in [6.07, 6.45) is 5.28. The van der Waals surface area contributed by atoms with Crippen LogP contribution in [0.25, 0.3) is 0 Å². The quantitative estimate of drug-likeness (QED) is 0.871. The van der Waals surface area contributed by atoms with E-state index < -0.39 is 0 Å². The van der Waals surface area contributed by atoms with Gasteiger partial charge in [-0.3, -0.25) is 4.90 Å². The predicted octanol–water partition coefficient (Wildman–Crippen LogP) is 2.94. The first kappa shape index (κ1) is 13.6. The predicted molar refractivity (Wildman–Crippen MR) is 74.6 cm³/mol. The van der Waals surface area contributed by atoms with Gasteiger partial charge in [0.05, 0.1) is 6.54 Å². The molecule has 0 amide bonds. The molecule has 2 unspecified atom stereocenters. The van der Waals surface area contributed by atoms with Gasteiger partial charge in [-0.15, -0.1) is 0 Å². The Morgan fingerprint density at radius 2 is 2.28 bits per heavy atom. The molecular weight excluding hydrogens is 224 g/mol. The molecule has 0 spiro atoms. The number of hydrogen-bond acceptors (Lipinski definition) is 3. The van der Waals surface area contributed by atoms with Crippen molar-refractivity contribution in [3.8, 4) is 0 Å². The Kier molecular flexibility index (Phi) is 4.84. The first-order chi connectivity index (χ1) is 8.65. The standard InChI is InChI=1S/C15H26N2O/c1-12(10-14-6-4-5-9-16-14)17(3)11-15-8-7-13(2)18-15/h7-8,12,14,16H,4-6,9-11H2,1-3H3. The van der Waals surface area contributed by atoms with Crippen LogP contribution in [0.5, 0.6) is 0 Å². The summed E-state index contributed by atoms with van der Waals surface area (Å²) in [7, 11) is 2.19. The summed E-state index contributed by atoms with van der Waals surface area (Å²) in [5.41, 5.74) is 0. The van der Waals surface area contributed by atoms with E-state index in [4.69, 9.17) is 4.42 Å². The zero-order chi connectivity index (χ0) is 13.0. The lowest BCUT2D eigenvalue weighted by atomic mass is 9.98. The Morgan fingerprint density at radius 3 is 2.89 bits per heavy atom. The molecule has 2 atom stereocenters. The molecule has 1 aliphatic rings. The molecule has 0 aliphatic carbocycles. The van der Waals surface area contributed by atoms with E-state index >= 15 is 0 Å². The molecule has 1 aliphatic heterocycles. The molecule has 3 heteroatoms. The van der Waals surface area contributed by atoms with Crippen LogP contribution in [0.4, 0.5) is 0 Å². The molecule has 2 rings (SSSR count). The molecule has 1 aromatic rings. The summed E-state index contributed by atoms with van der Waals surface area (Å²) in [6, 6.07) is 5.41. The van der Waals surface area contributed by atoms with Crippen LogP contribution in [0, 0.1) is 6.92 Å². The molecular formula is C15H26N2O. The fourth-order valence-corrected chi connectivity index (χ4v) is 2.69. The van der Waals surface area contributed by atoms with Crippen LogP contribution < -0.4 is 5.32 Å². The highest BCUT2D eigenvalue weighted by Crippen LogP contribution is 2.16. The van der Waals surface area contributed by atoms with Gasteiger partial charge in [0.15, 0.2) is 0 Å². The molecule has 0 radical (unpaired) electrons. The summed E-state index contributed by atoms with van der Waals surface area (Å²) in [5.74, 6) is 2.07. The summed E-state index contributed by atoms with van der Waals surface area (Å²) in [4.78, 5) is 2.38. The van der Waals surface area contributed by atoms with Crippen LogP contribution in [0.15, 0.2) is 16.5 Å². The first-order valence-electron chi connectivity index (χ1n) is 7.14. The number of nitrogens with zero attached hydrogens (tertiary/aromatic N) is 1. The fourth-order valence-electron chi connectivity index (χ4n) is 2.69. The SMILES string of the molecule is Cc1ccc(CN(C)C(C)CC2CCCCN2)o1. The smallest absolute Gasteiger partial charge is 0.118 e. The van der Waals surface area contributed by atoms with Gasteiger partial charge in [-0.05, 0) is 58.8 Å². The van der Waals surface area contributed by atoms with Gasteiger partial charge in [0.2, 0.25) is 0 Å². The van der Waals surface area contributed by atoms with Gasteiger partial charge in [-0.2, -0.15) is 0 Å². The van der Waals surface area contributed by atoms with Crippen molar-refractivity contribution in [1.82, 2.24) is 10.2 Å². The van der Waals surface area contributed by atoms with Gasteiger partial charge in [0, 0.05) is 12.1 Å². The van der Waals surface area contributed by atoms with E-state index in [0.29, 0.717) is 12.1 Å². The average molecular weight is 250 g/mol. The van der Waals surface area contributed by atoms with E-state index in [1.807, 2.05) is 13.0 Å². The van der Waals surface area contributed by atoms with Crippen molar-refractivity contribution in [3.05, 3.63) is 23.7 Å². The third-order valence-corrected chi connectivity index (χ3v) is 3.99. The van der Waals surface area contributed by atoms with Crippen LogP contribution >= 0.6 is 0 Å².